The average Bonchev–Trinajstić information content (AvgIpc) is 1.53. The number of benzene rings is 5. The van der Waals surface area contributed by atoms with E-state index in [4.69, 9.17) is 73.6 Å². The lowest BCUT2D eigenvalue weighted by Crippen LogP contribution is -2.62. The first-order chi connectivity index (χ1) is 55.2. The topological polar surface area (TPSA) is 363 Å². The molecular formula is C92H122N6O19. The monoisotopic (exact) mass is 1610 g/mol. The quantitative estimate of drug-likeness (QED) is 0.0364. The molecule has 9 aliphatic rings. The number of methoxy groups -OCH3 is 4. The molecule has 2 unspecified atom stereocenters. The number of aliphatic hydroxyl groups excluding tert-OH is 3. The van der Waals surface area contributed by atoms with Gasteiger partial charge in [0.2, 0.25) is 5.95 Å². The number of nitrogens with two attached hydrogens (primary N) is 2. The Kier molecular flexibility index (Phi) is 28.5. The van der Waals surface area contributed by atoms with Crippen LogP contribution in [-0.4, -0.2) is 165 Å². The number of rotatable bonds is 19. The smallest absolute Gasteiger partial charge is 0.226 e. The maximum Gasteiger partial charge on any atom is 0.226 e. The third-order valence-corrected chi connectivity index (χ3v) is 23.3. The molecule has 1 saturated heterocycles. The Morgan fingerprint density at radius 2 is 1.19 bits per heavy atom. The number of nitrogen functional groups attached to an aromatic ring is 2. The van der Waals surface area contributed by atoms with E-state index in [-0.39, 0.29) is 82.8 Å². The molecule has 6 aromatic rings. The lowest BCUT2D eigenvalue weighted by Gasteiger charge is -2.60. The fourth-order valence-electron chi connectivity index (χ4n) is 16.6. The van der Waals surface area contributed by atoms with E-state index >= 15 is 0 Å². The minimum Gasteiger partial charge on any atom is -0.497 e. The second kappa shape index (κ2) is 37.1. The zero-order valence-corrected chi connectivity index (χ0v) is 70.9. The van der Waals surface area contributed by atoms with E-state index in [1.54, 1.807) is 55.3 Å². The third-order valence-electron chi connectivity index (χ3n) is 23.3. The molecule has 5 fully saturated rings. The molecule has 15 rings (SSSR count). The predicted molar refractivity (Wildman–Crippen MR) is 450 cm³/mol. The van der Waals surface area contributed by atoms with Gasteiger partial charge in [0.05, 0.1) is 76.8 Å². The fourth-order valence-corrected chi connectivity index (χ4v) is 16.6. The van der Waals surface area contributed by atoms with Crippen molar-refractivity contribution in [2.24, 2.45) is 28.6 Å². The Morgan fingerprint density at radius 3 is 1.73 bits per heavy atom. The highest BCUT2D eigenvalue weighted by Crippen LogP contribution is 2.69. The number of allylic oxidation sites excluding steroid dienone is 1. The van der Waals surface area contributed by atoms with E-state index in [0.717, 1.165) is 87.7 Å². The van der Waals surface area contributed by atoms with Crippen molar-refractivity contribution in [3.8, 4) is 69.3 Å². The molecule has 4 saturated carbocycles. The SMILES string of the molecule is CC(C)(O)CC[C@@H](O)[C@](C)(O)[C@H]1CC[C@@]2(O)C3=CC(=O)[C@@H]4C[C@@H](O)[C@@H](O)C[C@]4(C)[C@H]3CC[C@]12C.CCC1OCC(COc2ccc(Oc3ccccc3)cc2)O1.CCOc1cc2c(cc1OC)C=CC(C)(C)O2.COc1cc2c(cc1OC)OC(C)(C)C=C2.COc1ccc2c(c1)OC(C)(C)C=C2.N#Cc1c(N)nc(NC2CC2)nc1N. The highest BCUT2D eigenvalue weighted by Gasteiger charge is 2.69. The first-order valence-corrected chi connectivity index (χ1v) is 40.5. The Morgan fingerprint density at radius 1 is 0.650 bits per heavy atom. The Labute approximate surface area is 688 Å². The third kappa shape index (κ3) is 21.8. The number of aromatic nitrogens is 2. The number of anilines is 3. The number of hydrogen-bond donors (Lipinski definition) is 9. The lowest BCUT2D eigenvalue weighted by molar-refractivity contribution is -0.177. The van der Waals surface area contributed by atoms with Crippen LogP contribution in [0.1, 0.15) is 183 Å². The largest absolute Gasteiger partial charge is 0.497 e. The van der Waals surface area contributed by atoms with Crippen LogP contribution in [0.5, 0.6) is 63.2 Å². The summed E-state index contributed by atoms with van der Waals surface area (Å²) in [7, 11) is 6.54. The average molecular weight is 1620 g/mol. The Bertz CT molecular complexity index is 4540. The molecule has 0 amide bonds. The first kappa shape index (κ1) is 89.7. The summed E-state index contributed by atoms with van der Waals surface area (Å²) < 4.78 is 66.6. The summed E-state index contributed by atoms with van der Waals surface area (Å²) in [4.78, 5) is 21.1. The van der Waals surface area contributed by atoms with Gasteiger partial charge in [-0.15, -0.1) is 0 Å². The normalized spacial score (nSPS) is 26.0. The van der Waals surface area contributed by atoms with Crippen molar-refractivity contribution in [3.05, 3.63) is 149 Å². The van der Waals surface area contributed by atoms with E-state index in [1.807, 2.05) is 191 Å². The molecule has 0 spiro atoms. The molecule has 5 aromatic carbocycles. The number of aliphatic hydroxyl groups is 6. The number of nitriles is 1. The second-order valence-electron chi connectivity index (χ2n) is 34.3. The molecule has 12 atom stereocenters. The van der Waals surface area contributed by atoms with E-state index in [1.165, 1.54) is 0 Å². The van der Waals surface area contributed by atoms with Crippen LogP contribution in [0.4, 0.5) is 17.6 Å². The summed E-state index contributed by atoms with van der Waals surface area (Å²) in [5, 5.41) is 77.2. The van der Waals surface area contributed by atoms with Crippen molar-refractivity contribution in [1.82, 2.24) is 9.97 Å². The molecule has 5 aliphatic carbocycles. The predicted octanol–water partition coefficient (Wildman–Crippen LogP) is 15.0. The zero-order valence-electron chi connectivity index (χ0n) is 70.9. The molecule has 11 N–H and O–H groups in total. The van der Waals surface area contributed by atoms with E-state index in [9.17, 15) is 35.4 Å². The van der Waals surface area contributed by atoms with Gasteiger partial charge >= 0.3 is 0 Å². The van der Waals surface area contributed by atoms with Crippen LogP contribution >= 0.6 is 0 Å². The van der Waals surface area contributed by atoms with Crippen molar-refractivity contribution in [2.45, 2.75) is 231 Å². The van der Waals surface area contributed by atoms with Crippen molar-refractivity contribution in [1.29, 1.82) is 5.26 Å². The number of fused-ring (bicyclic) bond motifs is 8. The number of hydrogen-bond acceptors (Lipinski definition) is 25. The van der Waals surface area contributed by atoms with Crippen molar-refractivity contribution in [3.63, 3.8) is 0 Å². The molecule has 25 nitrogen and oxygen atoms in total. The number of ether oxygens (including phenoxy) is 12. The number of carbonyl (C=O) groups excluding carboxylic acids is 1. The van der Waals surface area contributed by atoms with Gasteiger partial charge in [-0.05, 0) is 248 Å². The molecule has 1 aromatic heterocycles. The first-order valence-electron chi connectivity index (χ1n) is 40.5. The molecule has 634 valence electrons. The maximum atomic E-state index is 13.2. The molecule has 25 heteroatoms. The maximum absolute atomic E-state index is 13.2. The van der Waals surface area contributed by atoms with E-state index in [0.29, 0.717) is 87.4 Å². The van der Waals surface area contributed by atoms with Crippen molar-refractivity contribution in [2.75, 3.05) is 65.0 Å². The number of ketones is 1. The fraction of sp³-hybridized carbons (Fsp3) is 0.522. The van der Waals surface area contributed by atoms with E-state index < -0.39 is 45.9 Å². The summed E-state index contributed by atoms with van der Waals surface area (Å²) in [5.74, 6) is 8.34. The molecule has 5 heterocycles. The van der Waals surface area contributed by atoms with Gasteiger partial charge in [0.15, 0.2) is 35.1 Å². The van der Waals surface area contributed by atoms with Crippen LogP contribution in [0.25, 0.3) is 18.2 Å². The van der Waals surface area contributed by atoms with Crippen molar-refractivity contribution < 1.29 is 92.3 Å². The van der Waals surface area contributed by atoms with Crippen LogP contribution in [0, 0.1) is 39.9 Å². The Hall–Kier alpha value is -9.62. The van der Waals surface area contributed by atoms with Gasteiger partial charge in [0, 0.05) is 52.3 Å². The van der Waals surface area contributed by atoms with Crippen LogP contribution in [0.2, 0.25) is 0 Å². The van der Waals surface area contributed by atoms with Crippen LogP contribution in [0.15, 0.2) is 127 Å². The van der Waals surface area contributed by atoms with Gasteiger partial charge in [-0.3, -0.25) is 4.79 Å². The van der Waals surface area contributed by atoms with E-state index in [2.05, 4.69) is 33.5 Å². The second-order valence-corrected chi connectivity index (χ2v) is 34.3. The van der Waals surface area contributed by atoms with Crippen LogP contribution in [0.3, 0.4) is 0 Å². The van der Waals surface area contributed by atoms with Crippen LogP contribution in [-0.2, 0) is 14.3 Å². The van der Waals surface area contributed by atoms with Crippen molar-refractivity contribution >= 4 is 41.6 Å². The minimum absolute atomic E-state index is 0.00481. The summed E-state index contributed by atoms with van der Waals surface area (Å²) in [6, 6.07) is 33.0. The van der Waals surface area contributed by atoms with Gasteiger partial charge < -0.3 is 104 Å². The molecule has 0 bridgehead atoms. The molecule has 4 aliphatic heterocycles. The molecule has 117 heavy (non-hydrogen) atoms. The number of para-hydroxylation sites is 1. The molecule has 0 radical (unpaired) electrons. The number of nitrogens with one attached hydrogen (secondary N) is 1. The summed E-state index contributed by atoms with van der Waals surface area (Å²) in [5.41, 5.74) is 9.31. The zero-order chi connectivity index (χ0) is 85.2. The Balaban J connectivity index is 0.000000153. The lowest BCUT2D eigenvalue weighted by atomic mass is 9.45. The highest BCUT2D eigenvalue weighted by atomic mass is 16.7. The van der Waals surface area contributed by atoms with Gasteiger partial charge in [-0.1, -0.05) is 57.2 Å². The summed E-state index contributed by atoms with van der Waals surface area (Å²) >= 11 is 0. The summed E-state index contributed by atoms with van der Waals surface area (Å²) in [6.45, 7) is 26.8. The minimum atomic E-state index is -1.46. The van der Waals surface area contributed by atoms with Crippen LogP contribution < -0.4 is 64.2 Å². The standard InChI is InChI=1S/C27H44O7.C18H20O4.C14H18O3.C13H16O3.C12H14O2.C8H10N6/c1-23(2,32)9-8-22(31)26(5,33)21-7-11-27(34)16-12-18(28)17-13-19(29)20(30)14-24(17,3)15(16)6-10-25(21,27)4;1-2-18-20-13-17(22-18)12-19-14-8-10-16(11-9-14)21-15-6-4-3-5-7-15;1-5-16-13-9-11-10(8-12(13)15-4)6-7-14(2,3)17-11;1-13(2)6-5-9-7-11(14-3)12(15-4)8-10(9)16-13;1-12(2)7-6-9-4-5-10(13-3)8-11(9)14-12;9-3-5-6(10)13-8(14-7(5)11)12-4-1-2-4/h12,15,17,19-22,29-34H,6-11,13-14H2,1-5H3;3-11,17-18H,2,12-13H2,1H3;6-9H,5H2,1-4H3;5-8H,1-4H3;4-8H,1-3H3;4H,1-2H2,(H5,10,11,12,13,14)/t15-,17-,19+,20-,21-,22+,24+,25+,26+,27+;;;;;/m0...../s1. The van der Waals surface area contributed by atoms with Gasteiger partial charge in [0.1, 0.15) is 93.0 Å². The number of carbonyl (C=O) groups is 1. The van der Waals surface area contributed by atoms with Gasteiger partial charge in [-0.2, -0.15) is 15.2 Å². The molecular weight excluding hydrogens is 1490 g/mol. The number of nitrogens with zero attached hydrogens (tertiary/aromatic N) is 3. The highest BCUT2D eigenvalue weighted by molar-refractivity contribution is 5.95. The van der Waals surface area contributed by atoms with Gasteiger partial charge in [-0.25, -0.2) is 0 Å². The van der Waals surface area contributed by atoms with Gasteiger partial charge in [0.25, 0.3) is 0 Å². The summed E-state index contributed by atoms with van der Waals surface area (Å²) in [6.07, 6.45) is 17.4.